The number of nitrogens with zero attached hydrogens (tertiary/aromatic N) is 2. The van der Waals surface area contributed by atoms with E-state index in [0.29, 0.717) is 11.6 Å². The van der Waals surface area contributed by atoms with Crippen molar-refractivity contribution in [2.45, 2.75) is 32.5 Å². The second kappa shape index (κ2) is 7.61. The van der Waals surface area contributed by atoms with E-state index in [1.54, 1.807) is 20.3 Å². The van der Waals surface area contributed by atoms with E-state index in [1.165, 1.54) is 6.33 Å². The molecule has 1 fully saturated rings. The molecule has 0 saturated carbocycles. The van der Waals surface area contributed by atoms with Crippen molar-refractivity contribution in [2.75, 3.05) is 21.0 Å². The molecule has 0 bridgehead atoms. The van der Waals surface area contributed by atoms with E-state index in [9.17, 15) is 0 Å². The van der Waals surface area contributed by atoms with Gasteiger partial charge in [-0.25, -0.2) is 9.97 Å². The molecule has 0 radical (unpaired) electrons. The fourth-order valence-electron chi connectivity index (χ4n) is 2.63. The van der Waals surface area contributed by atoms with Crippen molar-refractivity contribution in [3.63, 3.8) is 0 Å². The van der Waals surface area contributed by atoms with Gasteiger partial charge in [0.25, 0.3) is 0 Å². The van der Waals surface area contributed by atoms with Gasteiger partial charge in [-0.15, -0.1) is 0 Å². The van der Waals surface area contributed by atoms with Crippen LogP contribution in [0.15, 0.2) is 30.6 Å². The maximum Gasteiger partial charge on any atom is 0.498 e. The second-order valence-corrected chi connectivity index (χ2v) is 6.58. The molecule has 1 saturated heterocycles. The zero-order valence-corrected chi connectivity index (χ0v) is 15.7. The average Bonchev–Trinajstić information content (AvgIpc) is 2.92. The van der Waals surface area contributed by atoms with Crippen LogP contribution < -0.4 is 14.9 Å². The summed E-state index contributed by atoms with van der Waals surface area (Å²) in [6.45, 7) is 6.14. The highest BCUT2D eigenvalue weighted by molar-refractivity contribution is 6.63. The smallest absolute Gasteiger partial charge is 0.481 e. The number of methoxy groups -OCH3 is 2. The van der Waals surface area contributed by atoms with Crippen LogP contribution in [0.5, 0.6) is 11.6 Å². The molecule has 2 heterocycles. The molecular formula is C18H23BN2O5. The maximum absolute atomic E-state index is 6.06. The predicted molar refractivity (Wildman–Crippen MR) is 97.6 cm³/mol. The molecule has 1 atom stereocenters. The molecule has 2 aromatic rings. The molecule has 1 unspecified atom stereocenters. The molecule has 0 N–H and O–H groups in total. The van der Waals surface area contributed by atoms with Gasteiger partial charge in [0.05, 0.1) is 24.5 Å². The van der Waals surface area contributed by atoms with Gasteiger partial charge >= 0.3 is 7.12 Å². The van der Waals surface area contributed by atoms with Gasteiger partial charge in [-0.3, -0.25) is 0 Å². The lowest BCUT2D eigenvalue weighted by molar-refractivity contribution is 0.0517. The first-order valence-corrected chi connectivity index (χ1v) is 8.40. The zero-order valence-electron chi connectivity index (χ0n) is 15.7. The number of rotatable bonds is 6. The number of benzene rings is 1. The summed E-state index contributed by atoms with van der Waals surface area (Å²) in [6, 6.07) is 7.52. The summed E-state index contributed by atoms with van der Waals surface area (Å²) in [6.07, 6.45) is 1.43. The minimum atomic E-state index is -0.499. The highest BCUT2D eigenvalue weighted by Crippen LogP contribution is 2.30. The summed E-state index contributed by atoms with van der Waals surface area (Å²) in [7, 11) is 2.65. The van der Waals surface area contributed by atoms with Crippen molar-refractivity contribution in [3.05, 3.63) is 30.6 Å². The summed E-state index contributed by atoms with van der Waals surface area (Å²) in [5.41, 5.74) is 2.03. The Morgan fingerprint density at radius 2 is 2.00 bits per heavy atom. The van der Waals surface area contributed by atoms with E-state index in [2.05, 4.69) is 9.97 Å². The van der Waals surface area contributed by atoms with Crippen LogP contribution in [-0.4, -0.2) is 49.8 Å². The molecule has 7 nitrogen and oxygen atoms in total. The molecule has 8 heteroatoms. The second-order valence-electron chi connectivity index (χ2n) is 6.58. The monoisotopic (exact) mass is 358 g/mol. The average molecular weight is 358 g/mol. The standard InChI is InChI=1S/C18H23BN2O5/c1-12-18(2,3)26-19(25-12)14-7-6-13(8-16(14)24-11-22-4)15-9-17(23-5)21-10-20-15/h6-10,12H,11H2,1-5H3. The summed E-state index contributed by atoms with van der Waals surface area (Å²) < 4.78 is 28.0. The topological polar surface area (TPSA) is 71.9 Å². The SMILES string of the molecule is COCOc1cc(-c2cc(OC)ncn2)ccc1B1OC(C)C(C)(C)O1. The van der Waals surface area contributed by atoms with Crippen molar-refractivity contribution in [1.29, 1.82) is 0 Å². The predicted octanol–water partition coefficient (Wildman–Crippen LogP) is 2.04. The van der Waals surface area contributed by atoms with E-state index in [1.807, 2.05) is 39.0 Å². The van der Waals surface area contributed by atoms with E-state index in [0.717, 1.165) is 16.7 Å². The molecule has 138 valence electrons. The highest BCUT2D eigenvalue weighted by atomic mass is 16.7. The van der Waals surface area contributed by atoms with Crippen molar-refractivity contribution in [1.82, 2.24) is 9.97 Å². The van der Waals surface area contributed by atoms with Crippen LogP contribution in [0, 0.1) is 0 Å². The first-order valence-electron chi connectivity index (χ1n) is 8.40. The van der Waals surface area contributed by atoms with Gasteiger partial charge in [0.1, 0.15) is 12.1 Å². The van der Waals surface area contributed by atoms with E-state index < -0.39 is 7.12 Å². The minimum Gasteiger partial charge on any atom is -0.481 e. The molecule has 3 rings (SSSR count). The summed E-state index contributed by atoms with van der Waals surface area (Å²) >= 11 is 0. The van der Waals surface area contributed by atoms with Gasteiger partial charge < -0.3 is 23.5 Å². The van der Waals surface area contributed by atoms with Crippen LogP contribution in [-0.2, 0) is 14.0 Å². The largest absolute Gasteiger partial charge is 0.498 e. The highest BCUT2D eigenvalue weighted by Gasteiger charge is 2.45. The van der Waals surface area contributed by atoms with E-state index in [-0.39, 0.29) is 18.5 Å². The minimum absolute atomic E-state index is 0.0337. The molecule has 1 aliphatic heterocycles. The fourth-order valence-corrected chi connectivity index (χ4v) is 2.63. The van der Waals surface area contributed by atoms with E-state index >= 15 is 0 Å². The molecule has 1 aromatic heterocycles. The van der Waals surface area contributed by atoms with Crippen LogP contribution in [0.2, 0.25) is 0 Å². The number of aromatic nitrogens is 2. The van der Waals surface area contributed by atoms with Gasteiger partial charge in [0, 0.05) is 24.2 Å². The summed E-state index contributed by atoms with van der Waals surface area (Å²) in [5, 5.41) is 0. The van der Waals surface area contributed by atoms with Gasteiger partial charge in [-0.2, -0.15) is 0 Å². The lowest BCUT2D eigenvalue weighted by Crippen LogP contribution is -2.36. The van der Waals surface area contributed by atoms with Gasteiger partial charge in [-0.1, -0.05) is 12.1 Å². The summed E-state index contributed by atoms with van der Waals surface area (Å²) in [4.78, 5) is 8.34. The van der Waals surface area contributed by atoms with Crippen LogP contribution in [0.25, 0.3) is 11.3 Å². The van der Waals surface area contributed by atoms with Crippen LogP contribution in [0.3, 0.4) is 0 Å². The first-order chi connectivity index (χ1) is 12.4. The van der Waals surface area contributed by atoms with E-state index in [4.69, 9.17) is 23.5 Å². The first kappa shape index (κ1) is 18.6. The summed E-state index contributed by atoms with van der Waals surface area (Å²) in [5.74, 6) is 1.12. The molecule has 1 aromatic carbocycles. The molecule has 26 heavy (non-hydrogen) atoms. The Labute approximate surface area is 153 Å². The Bertz CT molecular complexity index is 771. The number of hydrogen-bond donors (Lipinski definition) is 0. The Hall–Kier alpha value is -2.16. The Balaban J connectivity index is 1.95. The van der Waals surface area contributed by atoms with Gasteiger partial charge in [0.2, 0.25) is 5.88 Å². The third-order valence-electron chi connectivity index (χ3n) is 4.46. The Morgan fingerprint density at radius 1 is 1.19 bits per heavy atom. The fraction of sp³-hybridized carbons (Fsp3) is 0.444. The third-order valence-corrected chi connectivity index (χ3v) is 4.46. The molecule has 0 aliphatic carbocycles. The maximum atomic E-state index is 6.06. The third kappa shape index (κ3) is 3.82. The van der Waals surface area contributed by atoms with Gasteiger partial charge in [-0.05, 0) is 26.8 Å². The normalized spacial score (nSPS) is 18.8. The molecular weight excluding hydrogens is 335 g/mol. The van der Waals surface area contributed by atoms with Crippen molar-refractivity contribution >= 4 is 12.6 Å². The lowest BCUT2D eigenvalue weighted by atomic mass is 9.78. The van der Waals surface area contributed by atoms with Crippen LogP contribution in [0.4, 0.5) is 0 Å². The van der Waals surface area contributed by atoms with Crippen LogP contribution in [0.1, 0.15) is 20.8 Å². The molecule has 0 spiro atoms. The lowest BCUT2D eigenvalue weighted by Gasteiger charge is -2.21. The quantitative estimate of drug-likeness (QED) is 0.578. The van der Waals surface area contributed by atoms with Crippen molar-refractivity contribution < 1.29 is 23.5 Å². The van der Waals surface area contributed by atoms with Crippen molar-refractivity contribution in [2.24, 2.45) is 0 Å². The zero-order chi connectivity index (χ0) is 18.7. The molecule has 0 amide bonds. The number of ether oxygens (including phenoxy) is 3. The Kier molecular flexibility index (Phi) is 5.45. The van der Waals surface area contributed by atoms with Gasteiger partial charge in [0.15, 0.2) is 6.79 Å². The van der Waals surface area contributed by atoms with Crippen molar-refractivity contribution in [3.8, 4) is 22.9 Å². The molecule has 1 aliphatic rings. The van der Waals surface area contributed by atoms with Crippen LogP contribution >= 0.6 is 0 Å². The Morgan fingerprint density at radius 3 is 2.65 bits per heavy atom. The number of hydrogen-bond acceptors (Lipinski definition) is 7.